The van der Waals surface area contributed by atoms with Gasteiger partial charge in [-0.25, -0.2) is 14.6 Å². The Balaban J connectivity index is 1.64. The Bertz CT molecular complexity index is 1160. The topological polar surface area (TPSA) is 72.0 Å². The van der Waals surface area contributed by atoms with Gasteiger partial charge in [0.1, 0.15) is 12.4 Å². The van der Waals surface area contributed by atoms with Crippen LogP contribution in [0.3, 0.4) is 0 Å². The first-order chi connectivity index (χ1) is 15.4. The molecule has 32 heavy (non-hydrogen) atoms. The number of ether oxygens (including phenoxy) is 2. The highest BCUT2D eigenvalue weighted by Gasteiger charge is 2.12. The van der Waals surface area contributed by atoms with E-state index in [4.69, 9.17) is 9.47 Å². The van der Waals surface area contributed by atoms with Crippen molar-refractivity contribution in [1.82, 2.24) is 5.43 Å². The Morgan fingerprint density at radius 2 is 2.00 bits per heavy atom. The molecule has 3 aromatic rings. The van der Waals surface area contributed by atoms with Gasteiger partial charge in [-0.15, -0.1) is 0 Å². The van der Waals surface area contributed by atoms with E-state index in [0.29, 0.717) is 28.3 Å². The molecule has 0 heterocycles. The molecule has 6 nitrogen and oxygen atoms in total. The lowest BCUT2D eigenvalue weighted by Gasteiger charge is -2.14. The summed E-state index contributed by atoms with van der Waals surface area (Å²) < 4.78 is 26.8. The van der Waals surface area contributed by atoms with Crippen molar-refractivity contribution in [3.05, 3.63) is 85.1 Å². The first-order valence-electron chi connectivity index (χ1n) is 9.47. The van der Waals surface area contributed by atoms with Crippen molar-refractivity contribution in [2.75, 3.05) is 12.4 Å². The number of nitrogens with one attached hydrogen (secondary N) is 2. The molecule has 0 fully saturated rings. The van der Waals surface area contributed by atoms with Crippen molar-refractivity contribution in [3.8, 4) is 11.5 Å². The van der Waals surface area contributed by atoms with Gasteiger partial charge in [-0.1, -0.05) is 34.1 Å². The minimum atomic E-state index is -0.463. The minimum Gasteiger partial charge on any atom is -0.493 e. The highest BCUT2D eigenvalue weighted by atomic mass is 127. The number of hydrazone groups is 1. The second-order valence-corrected chi connectivity index (χ2v) is 8.72. The molecular weight excluding hydrogens is 592 g/mol. The number of hydrogen-bond acceptors (Lipinski definition) is 4. The zero-order chi connectivity index (χ0) is 23.1. The SMILES string of the molecule is COc1cc(/C=N/NC(=O)Nc2ccc(Br)c(C)c2)cc(I)c1OCc1ccccc1F. The summed E-state index contributed by atoms with van der Waals surface area (Å²) in [6.45, 7) is 2.01. The van der Waals surface area contributed by atoms with Gasteiger partial charge in [-0.2, -0.15) is 5.10 Å². The van der Waals surface area contributed by atoms with Crippen LogP contribution >= 0.6 is 38.5 Å². The number of methoxy groups -OCH3 is 1. The van der Waals surface area contributed by atoms with E-state index in [9.17, 15) is 9.18 Å². The summed E-state index contributed by atoms with van der Waals surface area (Å²) in [5.74, 6) is 0.655. The molecule has 0 saturated carbocycles. The molecule has 0 spiro atoms. The van der Waals surface area contributed by atoms with Gasteiger partial charge in [0.15, 0.2) is 11.5 Å². The summed E-state index contributed by atoms with van der Waals surface area (Å²) in [5.41, 5.74) is 5.24. The maximum atomic E-state index is 13.8. The number of aryl methyl sites for hydroxylation is 1. The smallest absolute Gasteiger partial charge is 0.339 e. The summed E-state index contributed by atoms with van der Waals surface area (Å²) in [7, 11) is 1.52. The van der Waals surface area contributed by atoms with Crippen LogP contribution < -0.4 is 20.2 Å². The van der Waals surface area contributed by atoms with Crippen molar-refractivity contribution in [3.63, 3.8) is 0 Å². The van der Waals surface area contributed by atoms with E-state index in [2.05, 4.69) is 54.4 Å². The number of carbonyl (C=O) groups is 1. The van der Waals surface area contributed by atoms with Gasteiger partial charge in [-0.05, 0) is 77.0 Å². The predicted molar refractivity (Wildman–Crippen MR) is 135 cm³/mol. The highest BCUT2D eigenvalue weighted by molar-refractivity contribution is 14.1. The van der Waals surface area contributed by atoms with Crippen molar-refractivity contribution < 1.29 is 18.7 Å². The van der Waals surface area contributed by atoms with Crippen molar-refractivity contribution in [1.29, 1.82) is 0 Å². The molecule has 0 saturated heterocycles. The average Bonchev–Trinajstić information content (AvgIpc) is 2.76. The molecular formula is C23H20BrFIN3O3. The quantitative estimate of drug-likeness (QED) is 0.189. The normalized spacial score (nSPS) is 10.8. The van der Waals surface area contributed by atoms with Gasteiger partial charge in [0.05, 0.1) is 16.9 Å². The fourth-order valence-electron chi connectivity index (χ4n) is 2.77. The van der Waals surface area contributed by atoms with E-state index in [1.807, 2.05) is 25.1 Å². The third-order valence-electron chi connectivity index (χ3n) is 4.38. The molecule has 3 aromatic carbocycles. The molecule has 0 aliphatic rings. The van der Waals surface area contributed by atoms with Crippen molar-refractivity contribution in [2.45, 2.75) is 13.5 Å². The van der Waals surface area contributed by atoms with E-state index < -0.39 is 6.03 Å². The number of rotatable bonds is 7. The van der Waals surface area contributed by atoms with E-state index >= 15 is 0 Å². The van der Waals surface area contributed by atoms with Crippen LogP contribution in [0, 0.1) is 16.3 Å². The van der Waals surface area contributed by atoms with Gasteiger partial charge in [0.25, 0.3) is 0 Å². The molecule has 0 aliphatic carbocycles. The number of benzene rings is 3. The number of halogens is 3. The molecule has 0 unspecified atom stereocenters. The maximum absolute atomic E-state index is 13.8. The zero-order valence-corrected chi connectivity index (χ0v) is 21.0. The summed E-state index contributed by atoms with van der Waals surface area (Å²) in [4.78, 5) is 12.1. The summed E-state index contributed by atoms with van der Waals surface area (Å²) >= 11 is 5.53. The fourth-order valence-corrected chi connectivity index (χ4v) is 3.79. The van der Waals surface area contributed by atoms with Crippen LogP contribution in [0.4, 0.5) is 14.9 Å². The van der Waals surface area contributed by atoms with Crippen molar-refractivity contribution in [2.24, 2.45) is 5.10 Å². The maximum Gasteiger partial charge on any atom is 0.339 e. The number of anilines is 1. The van der Waals surface area contributed by atoms with Crippen LogP contribution in [0.2, 0.25) is 0 Å². The molecule has 2 N–H and O–H groups in total. The Labute approximate surface area is 207 Å². The largest absolute Gasteiger partial charge is 0.493 e. The van der Waals surface area contributed by atoms with E-state index in [-0.39, 0.29) is 12.4 Å². The summed E-state index contributed by atoms with van der Waals surface area (Å²) in [5, 5.41) is 6.70. The first kappa shape index (κ1) is 24.0. The second kappa shape index (κ2) is 11.3. The van der Waals surface area contributed by atoms with Crippen molar-refractivity contribution >= 4 is 56.5 Å². The molecule has 9 heteroatoms. The minimum absolute atomic E-state index is 0.0731. The third kappa shape index (κ3) is 6.42. The molecule has 0 atom stereocenters. The summed E-state index contributed by atoms with van der Waals surface area (Å²) in [6.07, 6.45) is 1.50. The number of hydrogen-bond donors (Lipinski definition) is 2. The lowest BCUT2D eigenvalue weighted by atomic mass is 10.2. The van der Waals surface area contributed by atoms with Crippen LogP contribution in [-0.4, -0.2) is 19.4 Å². The van der Waals surface area contributed by atoms with Crippen LogP contribution in [0.1, 0.15) is 16.7 Å². The van der Waals surface area contributed by atoms with Crippen LogP contribution in [-0.2, 0) is 6.61 Å². The third-order valence-corrected chi connectivity index (χ3v) is 6.07. The Kier molecular flexibility index (Phi) is 8.46. The average molecular weight is 612 g/mol. The molecule has 2 amide bonds. The second-order valence-electron chi connectivity index (χ2n) is 6.70. The summed E-state index contributed by atoms with van der Waals surface area (Å²) in [6, 6.07) is 15.0. The Morgan fingerprint density at radius 1 is 1.22 bits per heavy atom. The van der Waals surface area contributed by atoms with Gasteiger partial charge < -0.3 is 14.8 Å². The Hall–Kier alpha value is -2.66. The number of urea groups is 1. The van der Waals surface area contributed by atoms with Gasteiger partial charge in [0.2, 0.25) is 0 Å². The van der Waals surface area contributed by atoms with Gasteiger partial charge in [-0.3, -0.25) is 0 Å². The molecule has 0 aliphatic heterocycles. The molecule has 0 aromatic heterocycles. The van der Waals surface area contributed by atoms with E-state index in [1.54, 1.807) is 30.3 Å². The highest BCUT2D eigenvalue weighted by Crippen LogP contribution is 2.34. The Morgan fingerprint density at radius 3 is 2.72 bits per heavy atom. The van der Waals surface area contributed by atoms with E-state index in [0.717, 1.165) is 13.6 Å². The lowest BCUT2D eigenvalue weighted by molar-refractivity contribution is 0.252. The number of carbonyl (C=O) groups excluding carboxylic acids is 1. The monoisotopic (exact) mass is 611 g/mol. The number of nitrogens with zero attached hydrogens (tertiary/aromatic N) is 1. The van der Waals surface area contributed by atoms with Crippen LogP contribution in [0.25, 0.3) is 0 Å². The van der Waals surface area contributed by atoms with Crippen LogP contribution in [0.5, 0.6) is 11.5 Å². The molecule has 0 bridgehead atoms. The standard InChI is InChI=1S/C23H20BrFIN3O3/c1-14-9-17(7-8-18(14)24)28-23(30)29-27-12-15-10-20(26)22(21(11-15)31-2)32-13-16-5-3-4-6-19(16)25/h3-12H,13H2,1-2H3,(H2,28,29,30)/b27-12+. The molecule has 0 radical (unpaired) electrons. The van der Waals surface area contributed by atoms with Gasteiger partial charge >= 0.3 is 6.03 Å². The van der Waals surface area contributed by atoms with E-state index in [1.165, 1.54) is 19.4 Å². The van der Waals surface area contributed by atoms with Crippen LogP contribution in [0.15, 0.2) is 64.2 Å². The fraction of sp³-hybridized carbons (Fsp3) is 0.130. The first-order valence-corrected chi connectivity index (χ1v) is 11.3. The molecule has 166 valence electrons. The zero-order valence-electron chi connectivity index (χ0n) is 17.3. The predicted octanol–water partition coefficient (Wildman–Crippen LogP) is 6.24. The lowest BCUT2D eigenvalue weighted by Crippen LogP contribution is -2.24. The number of amides is 2. The van der Waals surface area contributed by atoms with Gasteiger partial charge in [0, 0.05) is 15.7 Å². The molecule has 3 rings (SSSR count).